The Morgan fingerprint density at radius 2 is 1.07 bits per heavy atom. The lowest BCUT2D eigenvalue weighted by Gasteiger charge is -2.19. The first-order chi connectivity index (χ1) is 13.7. The predicted molar refractivity (Wildman–Crippen MR) is 103 cm³/mol. The van der Waals surface area contributed by atoms with Crippen molar-refractivity contribution in [1.82, 2.24) is 0 Å². The van der Waals surface area contributed by atoms with Crippen molar-refractivity contribution < 1.29 is 23.8 Å². The van der Waals surface area contributed by atoms with Gasteiger partial charge in [0.25, 0.3) is 0 Å². The second-order valence-electron chi connectivity index (χ2n) is 6.34. The molecule has 4 aromatic rings. The summed E-state index contributed by atoms with van der Waals surface area (Å²) in [6.07, 6.45) is 0.0192. The van der Waals surface area contributed by atoms with Crippen LogP contribution in [0.15, 0.2) is 94.2 Å². The molecular weight excluding hydrogens is 356 g/mol. The maximum Gasteiger partial charge on any atom is 0.198 e. The van der Waals surface area contributed by atoms with E-state index in [0.29, 0.717) is 33.8 Å². The Balaban J connectivity index is 1.68. The maximum absolute atomic E-state index is 12.9. The van der Waals surface area contributed by atoms with Crippen LogP contribution in [0, 0.1) is 0 Å². The summed E-state index contributed by atoms with van der Waals surface area (Å²) in [7, 11) is 0. The molecule has 0 saturated carbocycles. The second kappa shape index (κ2) is 7.68. The Bertz CT molecular complexity index is 978. The number of furan rings is 2. The molecule has 0 fully saturated rings. The fourth-order valence-corrected chi connectivity index (χ4v) is 3.24. The third kappa shape index (κ3) is 3.29. The summed E-state index contributed by atoms with van der Waals surface area (Å²) in [6.45, 7) is 0. The molecule has 2 aromatic heterocycles. The van der Waals surface area contributed by atoms with Crippen molar-refractivity contribution >= 4 is 5.78 Å². The normalized spacial score (nSPS) is 13.2. The molecule has 2 heterocycles. The number of aliphatic hydroxyl groups is 2. The summed E-state index contributed by atoms with van der Waals surface area (Å²) in [5.74, 6) is 0.346. The largest absolute Gasteiger partial charge is 0.464 e. The van der Waals surface area contributed by atoms with E-state index < -0.39 is 18.0 Å². The zero-order valence-corrected chi connectivity index (χ0v) is 14.9. The smallest absolute Gasteiger partial charge is 0.198 e. The SMILES string of the molecule is O=C(C(O)c1ccccc1-c1ccco1)C(O)c1ccccc1-c1ccco1. The van der Waals surface area contributed by atoms with E-state index >= 15 is 0 Å². The molecular formula is C23H18O5. The van der Waals surface area contributed by atoms with E-state index in [9.17, 15) is 15.0 Å². The number of carbonyl (C=O) groups is 1. The minimum atomic E-state index is -1.51. The molecule has 0 aliphatic heterocycles. The number of carbonyl (C=O) groups excluding carboxylic acids is 1. The first kappa shape index (κ1) is 18.0. The Morgan fingerprint density at radius 3 is 1.46 bits per heavy atom. The first-order valence-corrected chi connectivity index (χ1v) is 8.82. The van der Waals surface area contributed by atoms with Crippen molar-refractivity contribution in [3.63, 3.8) is 0 Å². The molecule has 2 aromatic carbocycles. The van der Waals surface area contributed by atoms with Crippen molar-refractivity contribution in [2.45, 2.75) is 12.2 Å². The van der Waals surface area contributed by atoms with Crippen LogP contribution in [-0.4, -0.2) is 16.0 Å². The van der Waals surface area contributed by atoms with E-state index in [1.54, 1.807) is 72.8 Å². The highest BCUT2D eigenvalue weighted by molar-refractivity contribution is 5.92. The summed E-state index contributed by atoms with van der Waals surface area (Å²) >= 11 is 0. The molecule has 0 radical (unpaired) electrons. The van der Waals surface area contributed by atoms with Crippen molar-refractivity contribution in [3.05, 3.63) is 96.4 Å². The highest BCUT2D eigenvalue weighted by Crippen LogP contribution is 2.34. The zero-order valence-electron chi connectivity index (χ0n) is 14.9. The summed E-state index contributed by atoms with van der Waals surface area (Å²) in [5, 5.41) is 21.5. The van der Waals surface area contributed by atoms with Crippen LogP contribution in [0.3, 0.4) is 0 Å². The van der Waals surface area contributed by atoms with Crippen LogP contribution in [0.2, 0.25) is 0 Å². The highest BCUT2D eigenvalue weighted by Gasteiger charge is 2.30. The van der Waals surface area contributed by atoms with E-state index in [2.05, 4.69) is 0 Å². The highest BCUT2D eigenvalue weighted by atomic mass is 16.3. The van der Waals surface area contributed by atoms with Crippen LogP contribution >= 0.6 is 0 Å². The van der Waals surface area contributed by atoms with Gasteiger partial charge in [-0.1, -0.05) is 48.5 Å². The molecule has 2 unspecified atom stereocenters. The van der Waals surface area contributed by atoms with Crippen LogP contribution < -0.4 is 0 Å². The average Bonchev–Trinajstić information content (AvgIpc) is 3.46. The summed E-state index contributed by atoms with van der Waals surface area (Å²) < 4.78 is 10.8. The molecule has 4 rings (SSSR count). The van der Waals surface area contributed by atoms with Gasteiger partial charge in [0.15, 0.2) is 5.78 Å². The van der Waals surface area contributed by atoms with Crippen molar-refractivity contribution in [1.29, 1.82) is 0 Å². The maximum atomic E-state index is 12.9. The van der Waals surface area contributed by atoms with Gasteiger partial charge in [-0.2, -0.15) is 0 Å². The molecule has 2 atom stereocenters. The number of aliphatic hydroxyl groups excluding tert-OH is 2. The molecule has 28 heavy (non-hydrogen) atoms. The second-order valence-corrected chi connectivity index (χ2v) is 6.34. The fraction of sp³-hybridized carbons (Fsp3) is 0.0870. The molecule has 0 amide bonds. The molecule has 0 spiro atoms. The minimum absolute atomic E-state index is 0.372. The van der Waals surface area contributed by atoms with Gasteiger partial charge in [-0.25, -0.2) is 0 Å². The van der Waals surface area contributed by atoms with Gasteiger partial charge in [0, 0.05) is 11.1 Å². The summed E-state index contributed by atoms with van der Waals surface area (Å²) in [4.78, 5) is 12.9. The third-order valence-electron chi connectivity index (χ3n) is 4.62. The number of Topliss-reactive ketones (excluding diaryl/α,β-unsaturated/α-hetero) is 1. The van der Waals surface area contributed by atoms with Crippen molar-refractivity contribution in [2.24, 2.45) is 0 Å². The minimum Gasteiger partial charge on any atom is -0.464 e. The molecule has 0 saturated heterocycles. The van der Waals surface area contributed by atoms with Gasteiger partial charge in [-0.3, -0.25) is 4.79 Å². The van der Waals surface area contributed by atoms with Crippen LogP contribution in [-0.2, 0) is 4.79 Å². The van der Waals surface area contributed by atoms with Gasteiger partial charge >= 0.3 is 0 Å². The fourth-order valence-electron chi connectivity index (χ4n) is 3.24. The Kier molecular flexibility index (Phi) is 4.93. The quantitative estimate of drug-likeness (QED) is 0.517. The van der Waals surface area contributed by atoms with E-state index in [1.807, 2.05) is 0 Å². The molecule has 0 aliphatic rings. The number of rotatable bonds is 6. The van der Waals surface area contributed by atoms with Gasteiger partial charge in [0.2, 0.25) is 0 Å². The molecule has 5 nitrogen and oxygen atoms in total. The Hall–Kier alpha value is -3.41. The monoisotopic (exact) mass is 374 g/mol. The lowest BCUT2D eigenvalue weighted by Crippen LogP contribution is -2.21. The number of hydrogen-bond acceptors (Lipinski definition) is 5. The zero-order chi connectivity index (χ0) is 19.5. The lowest BCUT2D eigenvalue weighted by atomic mass is 9.91. The molecule has 0 aliphatic carbocycles. The van der Waals surface area contributed by atoms with Crippen LogP contribution in [0.5, 0.6) is 0 Å². The summed E-state index contributed by atoms with van der Waals surface area (Å²) in [6, 6.07) is 20.8. The average molecular weight is 374 g/mol. The van der Waals surface area contributed by atoms with Gasteiger partial charge in [0.05, 0.1) is 12.5 Å². The van der Waals surface area contributed by atoms with Crippen molar-refractivity contribution in [2.75, 3.05) is 0 Å². The molecule has 2 N–H and O–H groups in total. The van der Waals surface area contributed by atoms with E-state index in [1.165, 1.54) is 12.5 Å². The number of hydrogen-bond donors (Lipinski definition) is 2. The first-order valence-electron chi connectivity index (χ1n) is 8.82. The van der Waals surface area contributed by atoms with Gasteiger partial charge in [0.1, 0.15) is 23.7 Å². The molecule has 5 heteroatoms. The van der Waals surface area contributed by atoms with Crippen LogP contribution in [0.1, 0.15) is 23.3 Å². The van der Waals surface area contributed by atoms with E-state index in [0.717, 1.165) is 0 Å². The van der Waals surface area contributed by atoms with Gasteiger partial charge in [-0.05, 0) is 35.4 Å². The molecule has 140 valence electrons. The standard InChI is InChI=1S/C23H18O5/c24-21(17-9-3-1-7-15(17)19-11-5-13-27-19)23(26)22(25)18-10-4-2-8-16(18)20-12-6-14-28-20/h1-14,21-22,24-25H. The predicted octanol–water partition coefficient (Wildman–Crippen LogP) is 4.54. The Labute approximate surface area is 161 Å². The number of benzene rings is 2. The van der Waals surface area contributed by atoms with E-state index in [-0.39, 0.29) is 0 Å². The topological polar surface area (TPSA) is 83.8 Å². The van der Waals surface area contributed by atoms with Crippen LogP contribution in [0.25, 0.3) is 22.6 Å². The van der Waals surface area contributed by atoms with Crippen molar-refractivity contribution in [3.8, 4) is 22.6 Å². The number of ketones is 1. The van der Waals surface area contributed by atoms with E-state index in [4.69, 9.17) is 8.83 Å². The van der Waals surface area contributed by atoms with Crippen LogP contribution in [0.4, 0.5) is 0 Å². The van der Waals surface area contributed by atoms with Gasteiger partial charge in [-0.15, -0.1) is 0 Å². The summed E-state index contributed by atoms with van der Waals surface area (Å²) in [5.41, 5.74) is 1.94. The van der Waals surface area contributed by atoms with Gasteiger partial charge < -0.3 is 19.0 Å². The third-order valence-corrected chi connectivity index (χ3v) is 4.62. The molecule has 0 bridgehead atoms. The lowest BCUT2D eigenvalue weighted by molar-refractivity contribution is -0.136. The Morgan fingerprint density at radius 1 is 0.643 bits per heavy atom.